The summed E-state index contributed by atoms with van der Waals surface area (Å²) in [5.74, 6) is 0.467. The third-order valence-corrected chi connectivity index (χ3v) is 3.07. The molecule has 100 valence electrons. The summed E-state index contributed by atoms with van der Waals surface area (Å²) in [5, 5.41) is 0. The molecule has 0 spiro atoms. The summed E-state index contributed by atoms with van der Waals surface area (Å²) < 4.78 is 0. The first-order chi connectivity index (χ1) is 9.10. The van der Waals surface area contributed by atoms with Gasteiger partial charge < -0.3 is 0 Å². The van der Waals surface area contributed by atoms with Gasteiger partial charge in [-0.05, 0) is 24.8 Å². The molecule has 0 aliphatic carbocycles. The Labute approximate surface area is 117 Å². The number of allylic oxidation sites excluding steroid dienone is 3. The molecule has 0 aliphatic rings. The number of hydrogen-bond donors (Lipinski definition) is 0. The molecule has 1 aromatic rings. The Kier molecular flexibility index (Phi) is 6.01. The van der Waals surface area contributed by atoms with Crippen LogP contribution in [0.1, 0.15) is 32.8 Å². The molecule has 0 heterocycles. The zero-order chi connectivity index (χ0) is 14.3. The first-order valence-electron chi connectivity index (χ1n) is 6.72. The first-order valence-corrected chi connectivity index (χ1v) is 6.72. The van der Waals surface area contributed by atoms with Gasteiger partial charge in [0.15, 0.2) is 0 Å². The minimum atomic E-state index is 0.467. The van der Waals surface area contributed by atoms with E-state index >= 15 is 0 Å². The quantitative estimate of drug-likeness (QED) is 0.483. The molecule has 0 radical (unpaired) electrons. The van der Waals surface area contributed by atoms with Crippen LogP contribution in [0.5, 0.6) is 0 Å². The number of rotatable bonds is 6. The van der Waals surface area contributed by atoms with E-state index < -0.39 is 0 Å². The van der Waals surface area contributed by atoms with Crippen molar-refractivity contribution >= 4 is 11.9 Å². The van der Waals surface area contributed by atoms with E-state index in [-0.39, 0.29) is 0 Å². The molecule has 1 rings (SSSR count). The lowest BCUT2D eigenvalue weighted by Crippen LogP contribution is -1.95. The topological polar surface area (TPSA) is 12.4 Å². The van der Waals surface area contributed by atoms with Crippen LogP contribution >= 0.6 is 0 Å². The van der Waals surface area contributed by atoms with E-state index in [4.69, 9.17) is 0 Å². The molecule has 1 nitrogen and oxygen atoms in total. The molecule has 0 bridgehead atoms. The van der Waals surface area contributed by atoms with Crippen LogP contribution in [0.3, 0.4) is 0 Å². The third-order valence-electron chi connectivity index (χ3n) is 3.07. The summed E-state index contributed by atoms with van der Waals surface area (Å²) in [6.07, 6.45) is 4.93. The standard InChI is InChI=1S/C18H23N/c1-6-15(5)13-19-18(17(7-2)14(3)4)16-11-9-8-10-12-16/h7-13,15H,2-3,6H2,1,4-5H3/b18-17-,19-13?. The Bertz CT molecular complexity index is 492. The van der Waals surface area contributed by atoms with Crippen molar-refractivity contribution in [2.75, 3.05) is 0 Å². The van der Waals surface area contributed by atoms with Crippen LogP contribution < -0.4 is 0 Å². The molecule has 19 heavy (non-hydrogen) atoms. The van der Waals surface area contributed by atoms with Crippen molar-refractivity contribution in [1.82, 2.24) is 0 Å². The van der Waals surface area contributed by atoms with Crippen LogP contribution in [0, 0.1) is 5.92 Å². The Morgan fingerprint density at radius 2 is 1.95 bits per heavy atom. The van der Waals surface area contributed by atoms with Gasteiger partial charge in [0.2, 0.25) is 0 Å². The van der Waals surface area contributed by atoms with Gasteiger partial charge in [0, 0.05) is 17.4 Å². The average Bonchev–Trinajstić information content (AvgIpc) is 2.43. The summed E-state index contributed by atoms with van der Waals surface area (Å²) in [4.78, 5) is 4.68. The molecule has 1 aromatic carbocycles. The normalized spacial score (nSPS) is 14.1. The molecule has 1 unspecified atom stereocenters. The van der Waals surface area contributed by atoms with Crippen molar-refractivity contribution in [2.24, 2.45) is 10.9 Å². The molecule has 0 saturated heterocycles. The fraction of sp³-hybridized carbons (Fsp3) is 0.278. The average molecular weight is 253 g/mol. The van der Waals surface area contributed by atoms with Gasteiger partial charge in [0.25, 0.3) is 0 Å². The largest absolute Gasteiger partial charge is 0.260 e. The number of benzene rings is 1. The van der Waals surface area contributed by atoms with Crippen LogP contribution in [0.25, 0.3) is 5.70 Å². The molecule has 0 saturated carbocycles. The van der Waals surface area contributed by atoms with E-state index in [9.17, 15) is 0 Å². The number of aliphatic imine (C=N–C) groups is 1. The molecule has 0 aliphatic heterocycles. The molecule has 0 fully saturated rings. The van der Waals surface area contributed by atoms with E-state index in [1.165, 1.54) is 0 Å². The number of nitrogens with zero attached hydrogens (tertiary/aromatic N) is 1. The van der Waals surface area contributed by atoms with Gasteiger partial charge in [-0.3, -0.25) is 4.99 Å². The van der Waals surface area contributed by atoms with Crippen molar-refractivity contribution in [3.8, 4) is 0 Å². The zero-order valence-corrected chi connectivity index (χ0v) is 12.2. The maximum atomic E-state index is 4.68. The fourth-order valence-corrected chi connectivity index (χ4v) is 1.68. The zero-order valence-electron chi connectivity index (χ0n) is 12.2. The molecule has 0 N–H and O–H groups in total. The first kappa shape index (κ1) is 15.2. The Hall–Kier alpha value is -1.89. The Balaban J connectivity index is 3.30. The van der Waals surface area contributed by atoms with Gasteiger partial charge in [-0.15, -0.1) is 0 Å². The fourth-order valence-electron chi connectivity index (χ4n) is 1.68. The minimum Gasteiger partial charge on any atom is -0.260 e. The van der Waals surface area contributed by atoms with Crippen LogP contribution in [-0.2, 0) is 0 Å². The van der Waals surface area contributed by atoms with Crippen molar-refractivity contribution in [2.45, 2.75) is 27.2 Å². The lowest BCUT2D eigenvalue weighted by Gasteiger charge is -2.10. The highest BCUT2D eigenvalue weighted by atomic mass is 14.7. The van der Waals surface area contributed by atoms with Gasteiger partial charge in [0.05, 0.1) is 5.70 Å². The summed E-state index contributed by atoms with van der Waals surface area (Å²) in [6, 6.07) is 10.2. The van der Waals surface area contributed by atoms with Gasteiger partial charge in [-0.25, -0.2) is 0 Å². The van der Waals surface area contributed by atoms with Crippen molar-refractivity contribution in [3.63, 3.8) is 0 Å². The second-order valence-electron chi connectivity index (χ2n) is 4.78. The summed E-state index contributed by atoms with van der Waals surface area (Å²) in [7, 11) is 0. The van der Waals surface area contributed by atoms with E-state index in [2.05, 4.69) is 44.1 Å². The van der Waals surface area contributed by atoms with Gasteiger partial charge in [0.1, 0.15) is 0 Å². The molecular formula is C18H23N. The monoisotopic (exact) mass is 253 g/mol. The predicted octanol–water partition coefficient (Wildman–Crippen LogP) is 5.28. The highest BCUT2D eigenvalue weighted by Gasteiger charge is 2.06. The van der Waals surface area contributed by atoms with Crippen molar-refractivity contribution in [1.29, 1.82) is 0 Å². The lowest BCUT2D eigenvalue weighted by molar-refractivity contribution is 0.755. The smallest absolute Gasteiger partial charge is 0.0772 e. The molecular weight excluding hydrogens is 230 g/mol. The maximum Gasteiger partial charge on any atom is 0.0772 e. The maximum absolute atomic E-state index is 4.68. The highest BCUT2D eigenvalue weighted by Crippen LogP contribution is 2.25. The molecule has 1 atom stereocenters. The van der Waals surface area contributed by atoms with Crippen LogP contribution in [0.15, 0.2) is 65.7 Å². The van der Waals surface area contributed by atoms with Gasteiger partial charge in [-0.1, -0.05) is 63.4 Å². The second-order valence-corrected chi connectivity index (χ2v) is 4.78. The lowest BCUT2D eigenvalue weighted by atomic mass is 10.0. The van der Waals surface area contributed by atoms with Crippen LogP contribution in [-0.4, -0.2) is 6.21 Å². The highest BCUT2D eigenvalue weighted by molar-refractivity contribution is 5.80. The Morgan fingerprint density at radius 1 is 1.32 bits per heavy atom. The molecule has 0 aromatic heterocycles. The van der Waals surface area contributed by atoms with Crippen molar-refractivity contribution < 1.29 is 0 Å². The summed E-state index contributed by atoms with van der Waals surface area (Å²) >= 11 is 0. The second kappa shape index (κ2) is 7.52. The SMILES string of the molecule is C=C/C(C(=C)C)=C(/N=CC(C)CC)c1ccccc1. The number of hydrogen-bond acceptors (Lipinski definition) is 1. The molecule has 0 amide bonds. The minimum absolute atomic E-state index is 0.467. The molecule has 1 heteroatoms. The predicted molar refractivity (Wildman–Crippen MR) is 86.3 cm³/mol. The van der Waals surface area contributed by atoms with E-state index in [1.54, 1.807) is 0 Å². The van der Waals surface area contributed by atoms with Crippen LogP contribution in [0.4, 0.5) is 0 Å². The van der Waals surface area contributed by atoms with E-state index in [0.29, 0.717) is 5.92 Å². The summed E-state index contributed by atoms with van der Waals surface area (Å²) in [6.45, 7) is 14.2. The van der Waals surface area contributed by atoms with Crippen molar-refractivity contribution in [3.05, 3.63) is 66.3 Å². The third kappa shape index (κ3) is 4.36. The van der Waals surface area contributed by atoms with E-state index in [1.807, 2.05) is 37.4 Å². The summed E-state index contributed by atoms with van der Waals surface area (Å²) in [5.41, 5.74) is 4.03. The van der Waals surface area contributed by atoms with Gasteiger partial charge >= 0.3 is 0 Å². The Morgan fingerprint density at radius 3 is 2.42 bits per heavy atom. The van der Waals surface area contributed by atoms with E-state index in [0.717, 1.165) is 28.8 Å². The van der Waals surface area contributed by atoms with Crippen LogP contribution in [0.2, 0.25) is 0 Å². The van der Waals surface area contributed by atoms with Gasteiger partial charge in [-0.2, -0.15) is 0 Å².